The summed E-state index contributed by atoms with van der Waals surface area (Å²) in [5, 5.41) is 12.4. The number of fused-ring (bicyclic) bond motifs is 1. The molecule has 2 aromatic heterocycles. The summed E-state index contributed by atoms with van der Waals surface area (Å²) in [4.78, 5) is 11.8. The second kappa shape index (κ2) is 6.74. The lowest BCUT2D eigenvalue weighted by atomic mass is 10.2. The molecular formula is C19H22N6S. The highest BCUT2D eigenvalue weighted by Gasteiger charge is 2.23. The Morgan fingerprint density at radius 1 is 1.04 bits per heavy atom. The minimum atomic E-state index is 0.571. The number of nitrogens with zero attached hydrogens (tertiary/aromatic N) is 3. The van der Waals surface area contributed by atoms with Crippen molar-refractivity contribution in [2.24, 2.45) is 0 Å². The van der Waals surface area contributed by atoms with Gasteiger partial charge < -0.3 is 20.9 Å². The summed E-state index contributed by atoms with van der Waals surface area (Å²) in [5.41, 5.74) is 3.27. The van der Waals surface area contributed by atoms with Crippen molar-refractivity contribution in [3.63, 3.8) is 0 Å². The molecule has 3 aromatic rings. The minimum Gasteiger partial charge on any atom is -0.369 e. The third-order valence-electron chi connectivity index (χ3n) is 4.83. The van der Waals surface area contributed by atoms with E-state index in [0.717, 1.165) is 47.9 Å². The maximum atomic E-state index is 4.72. The Morgan fingerprint density at radius 3 is 2.62 bits per heavy atom. The van der Waals surface area contributed by atoms with E-state index in [-0.39, 0.29) is 0 Å². The van der Waals surface area contributed by atoms with Crippen molar-refractivity contribution in [1.29, 1.82) is 0 Å². The lowest BCUT2D eigenvalue weighted by molar-refractivity contribution is 0.589. The smallest absolute Gasteiger partial charge is 0.229 e. The summed E-state index contributed by atoms with van der Waals surface area (Å²) in [6, 6.07) is 11.2. The number of aromatic nitrogens is 2. The number of hydrogen-bond donors (Lipinski definition) is 3. The molecule has 0 unspecified atom stereocenters. The number of benzene rings is 1. The Balaban J connectivity index is 1.36. The first-order chi connectivity index (χ1) is 12.8. The standard InChI is InChI=1S/C19H22N6S/c1-2-13(1)21-18-17-16(7-12-26-17)23-19(24-18)22-14-3-5-15(6-4-14)25-10-8-20-9-11-25/h3-7,12-13,20H,1-2,8-11H2,(H2,21,22,23,24). The van der Waals surface area contributed by atoms with Gasteiger partial charge in [-0.2, -0.15) is 4.98 Å². The van der Waals surface area contributed by atoms with Crippen molar-refractivity contribution in [3.05, 3.63) is 35.7 Å². The molecule has 0 atom stereocenters. The van der Waals surface area contributed by atoms with Crippen LogP contribution >= 0.6 is 11.3 Å². The summed E-state index contributed by atoms with van der Waals surface area (Å²) in [7, 11) is 0. The van der Waals surface area contributed by atoms with Gasteiger partial charge in [-0.3, -0.25) is 0 Å². The fourth-order valence-electron chi connectivity index (χ4n) is 3.25. The number of hydrogen-bond acceptors (Lipinski definition) is 7. The Labute approximate surface area is 156 Å². The van der Waals surface area contributed by atoms with Gasteiger partial charge in [0.05, 0.1) is 10.2 Å². The molecule has 0 radical (unpaired) electrons. The van der Waals surface area contributed by atoms with Crippen LogP contribution in [0.3, 0.4) is 0 Å². The molecule has 0 spiro atoms. The Morgan fingerprint density at radius 2 is 1.85 bits per heavy atom. The van der Waals surface area contributed by atoms with Crippen LogP contribution in [0.15, 0.2) is 35.7 Å². The van der Waals surface area contributed by atoms with Gasteiger partial charge in [0.2, 0.25) is 5.95 Å². The maximum Gasteiger partial charge on any atom is 0.229 e. The van der Waals surface area contributed by atoms with Crippen LogP contribution in [0, 0.1) is 0 Å². The van der Waals surface area contributed by atoms with Gasteiger partial charge >= 0.3 is 0 Å². The molecule has 6 nitrogen and oxygen atoms in total. The second-order valence-electron chi connectivity index (χ2n) is 6.86. The summed E-state index contributed by atoms with van der Waals surface area (Å²) in [6.07, 6.45) is 2.46. The van der Waals surface area contributed by atoms with Crippen LogP contribution < -0.4 is 20.9 Å². The number of nitrogens with one attached hydrogen (secondary N) is 3. The van der Waals surface area contributed by atoms with E-state index in [1.807, 2.05) is 0 Å². The second-order valence-corrected chi connectivity index (χ2v) is 7.77. The first-order valence-electron chi connectivity index (χ1n) is 9.20. The quantitative estimate of drug-likeness (QED) is 0.643. The fourth-order valence-corrected chi connectivity index (χ4v) is 4.03. The molecular weight excluding hydrogens is 344 g/mol. The molecule has 1 saturated heterocycles. The SMILES string of the molecule is c1cc2nc(Nc3ccc(N4CCNCC4)cc3)nc(NC3CC3)c2s1. The van der Waals surface area contributed by atoms with E-state index in [4.69, 9.17) is 4.98 Å². The van der Waals surface area contributed by atoms with E-state index in [9.17, 15) is 0 Å². The molecule has 1 saturated carbocycles. The largest absolute Gasteiger partial charge is 0.369 e. The topological polar surface area (TPSA) is 65.1 Å². The number of rotatable bonds is 5. The average Bonchev–Trinajstić information content (AvgIpc) is 3.37. The van der Waals surface area contributed by atoms with Crippen molar-refractivity contribution in [1.82, 2.24) is 15.3 Å². The van der Waals surface area contributed by atoms with Crippen LogP contribution in [0.4, 0.5) is 23.1 Å². The lowest BCUT2D eigenvalue weighted by Crippen LogP contribution is -2.43. The molecule has 26 heavy (non-hydrogen) atoms. The molecule has 0 bridgehead atoms. The van der Waals surface area contributed by atoms with Gasteiger partial charge in [-0.15, -0.1) is 11.3 Å². The highest BCUT2D eigenvalue weighted by Crippen LogP contribution is 2.32. The molecule has 2 fully saturated rings. The van der Waals surface area contributed by atoms with Gasteiger partial charge in [0.25, 0.3) is 0 Å². The normalized spacial score (nSPS) is 17.5. The first-order valence-corrected chi connectivity index (χ1v) is 10.1. The van der Waals surface area contributed by atoms with Crippen LogP contribution in [0.5, 0.6) is 0 Å². The lowest BCUT2D eigenvalue weighted by Gasteiger charge is -2.29. The van der Waals surface area contributed by atoms with E-state index >= 15 is 0 Å². The third kappa shape index (κ3) is 3.32. The molecule has 1 aliphatic heterocycles. The van der Waals surface area contributed by atoms with E-state index < -0.39 is 0 Å². The zero-order chi connectivity index (χ0) is 17.3. The summed E-state index contributed by atoms with van der Waals surface area (Å²) < 4.78 is 1.14. The predicted molar refractivity (Wildman–Crippen MR) is 109 cm³/mol. The molecule has 7 heteroatoms. The Hall–Kier alpha value is -2.38. The zero-order valence-corrected chi connectivity index (χ0v) is 15.4. The average molecular weight is 366 g/mol. The van der Waals surface area contributed by atoms with Gasteiger partial charge in [-0.25, -0.2) is 4.98 Å². The molecule has 3 N–H and O–H groups in total. The molecule has 1 aromatic carbocycles. The van der Waals surface area contributed by atoms with Gasteiger partial charge in [0, 0.05) is 43.6 Å². The molecule has 2 aliphatic rings. The maximum absolute atomic E-state index is 4.72. The van der Waals surface area contributed by atoms with E-state index in [1.54, 1.807) is 11.3 Å². The fraction of sp³-hybridized carbons (Fsp3) is 0.368. The van der Waals surface area contributed by atoms with E-state index in [2.05, 4.69) is 61.5 Å². The van der Waals surface area contributed by atoms with Crippen LogP contribution in [0.25, 0.3) is 10.2 Å². The van der Waals surface area contributed by atoms with Gasteiger partial charge in [0.15, 0.2) is 0 Å². The van der Waals surface area contributed by atoms with Crippen molar-refractivity contribution in [3.8, 4) is 0 Å². The monoisotopic (exact) mass is 366 g/mol. The molecule has 0 amide bonds. The minimum absolute atomic E-state index is 0.571. The van der Waals surface area contributed by atoms with Crippen molar-refractivity contribution < 1.29 is 0 Å². The third-order valence-corrected chi connectivity index (χ3v) is 5.74. The number of piperazine rings is 1. The van der Waals surface area contributed by atoms with E-state index in [1.165, 1.54) is 18.5 Å². The zero-order valence-electron chi connectivity index (χ0n) is 14.5. The van der Waals surface area contributed by atoms with Crippen molar-refractivity contribution >= 4 is 44.7 Å². The van der Waals surface area contributed by atoms with Gasteiger partial charge in [-0.05, 0) is 48.6 Å². The van der Waals surface area contributed by atoms with Gasteiger partial charge in [0.1, 0.15) is 5.82 Å². The van der Waals surface area contributed by atoms with Crippen molar-refractivity contribution in [2.75, 3.05) is 41.7 Å². The molecule has 5 rings (SSSR count). The molecule has 134 valence electrons. The van der Waals surface area contributed by atoms with Crippen LogP contribution in [-0.4, -0.2) is 42.2 Å². The molecule has 1 aliphatic carbocycles. The Bertz CT molecular complexity index is 896. The Kier molecular flexibility index (Phi) is 4.10. The number of anilines is 4. The summed E-state index contributed by atoms with van der Waals surface area (Å²) >= 11 is 1.69. The van der Waals surface area contributed by atoms with E-state index in [0.29, 0.717) is 12.0 Å². The first kappa shape index (κ1) is 15.8. The van der Waals surface area contributed by atoms with Crippen LogP contribution in [0.1, 0.15) is 12.8 Å². The van der Waals surface area contributed by atoms with Gasteiger partial charge in [-0.1, -0.05) is 0 Å². The van der Waals surface area contributed by atoms with Crippen LogP contribution in [-0.2, 0) is 0 Å². The number of thiophene rings is 1. The summed E-state index contributed by atoms with van der Waals surface area (Å²) in [5.74, 6) is 1.60. The van der Waals surface area contributed by atoms with Crippen LogP contribution in [0.2, 0.25) is 0 Å². The highest BCUT2D eigenvalue weighted by atomic mass is 32.1. The molecule has 3 heterocycles. The highest BCUT2D eigenvalue weighted by molar-refractivity contribution is 7.17. The summed E-state index contributed by atoms with van der Waals surface area (Å²) in [6.45, 7) is 4.21. The predicted octanol–water partition coefficient (Wildman–Crippen LogP) is 3.42. The van der Waals surface area contributed by atoms with Crippen molar-refractivity contribution in [2.45, 2.75) is 18.9 Å².